The number of esters is 1. The number of aromatic nitrogens is 1. The van der Waals surface area contributed by atoms with Crippen molar-refractivity contribution in [3.8, 4) is 0 Å². The van der Waals surface area contributed by atoms with E-state index < -0.39 is 11.9 Å². The third kappa shape index (κ3) is 3.19. The van der Waals surface area contributed by atoms with Crippen molar-refractivity contribution in [2.75, 3.05) is 7.11 Å². The van der Waals surface area contributed by atoms with E-state index in [4.69, 9.17) is 9.52 Å². The first kappa shape index (κ1) is 12.8. The fraction of sp³-hybridized carbons (Fsp3) is 0.154. The number of rotatable bonds is 4. The Balaban J connectivity index is 2.28. The van der Waals surface area contributed by atoms with Crippen LogP contribution in [0.3, 0.4) is 0 Å². The summed E-state index contributed by atoms with van der Waals surface area (Å²) in [6.07, 6.45) is 2.45. The molecule has 19 heavy (non-hydrogen) atoms. The summed E-state index contributed by atoms with van der Waals surface area (Å²) in [5.41, 5.74) is 1.77. The van der Waals surface area contributed by atoms with Crippen molar-refractivity contribution in [3.05, 3.63) is 35.7 Å². The molecule has 0 aliphatic heterocycles. The summed E-state index contributed by atoms with van der Waals surface area (Å²) in [6.45, 7) is 0. The SMILES string of the molecule is COC(=O)Cc1nc2ccc(/C=C/C(=O)O)cc2o1. The van der Waals surface area contributed by atoms with Gasteiger partial charge in [-0.1, -0.05) is 6.07 Å². The Bertz CT molecular complexity index is 656. The number of methoxy groups -OCH3 is 1. The molecule has 1 aromatic heterocycles. The molecule has 2 rings (SSSR count). The highest BCUT2D eigenvalue weighted by Crippen LogP contribution is 2.18. The molecule has 1 N–H and O–H groups in total. The van der Waals surface area contributed by atoms with E-state index in [1.165, 1.54) is 13.2 Å². The number of oxazole rings is 1. The molecule has 0 saturated heterocycles. The first-order valence-corrected chi connectivity index (χ1v) is 5.46. The first-order valence-electron chi connectivity index (χ1n) is 5.46. The lowest BCUT2D eigenvalue weighted by Crippen LogP contribution is -2.04. The fourth-order valence-electron chi connectivity index (χ4n) is 1.53. The lowest BCUT2D eigenvalue weighted by molar-refractivity contribution is -0.140. The van der Waals surface area contributed by atoms with Crippen LogP contribution in [-0.2, 0) is 20.7 Å². The van der Waals surface area contributed by atoms with Gasteiger partial charge in [-0.3, -0.25) is 4.79 Å². The molecule has 0 radical (unpaired) electrons. The van der Waals surface area contributed by atoms with Gasteiger partial charge in [-0.25, -0.2) is 9.78 Å². The van der Waals surface area contributed by atoms with Crippen LogP contribution in [0.1, 0.15) is 11.5 Å². The summed E-state index contributed by atoms with van der Waals surface area (Å²) in [7, 11) is 1.29. The number of carbonyl (C=O) groups is 2. The molecule has 0 fully saturated rings. The summed E-state index contributed by atoms with van der Waals surface area (Å²) in [6, 6.07) is 5.07. The Morgan fingerprint density at radius 2 is 2.26 bits per heavy atom. The van der Waals surface area contributed by atoms with E-state index in [1.807, 2.05) is 0 Å². The number of aliphatic carboxylic acids is 1. The monoisotopic (exact) mass is 261 g/mol. The van der Waals surface area contributed by atoms with Gasteiger partial charge in [0.1, 0.15) is 11.9 Å². The second kappa shape index (κ2) is 5.34. The molecule has 1 heterocycles. The summed E-state index contributed by atoms with van der Waals surface area (Å²) < 4.78 is 9.92. The second-order valence-electron chi connectivity index (χ2n) is 3.76. The number of carboxylic acid groups (broad SMARTS) is 1. The number of carbonyl (C=O) groups excluding carboxylic acids is 1. The van der Waals surface area contributed by atoms with Gasteiger partial charge in [-0.05, 0) is 23.8 Å². The lowest BCUT2D eigenvalue weighted by Gasteiger charge is -1.92. The minimum Gasteiger partial charge on any atom is -0.478 e. The van der Waals surface area contributed by atoms with Gasteiger partial charge in [0.25, 0.3) is 0 Å². The smallest absolute Gasteiger partial charge is 0.328 e. The van der Waals surface area contributed by atoms with Gasteiger partial charge in [0.05, 0.1) is 7.11 Å². The highest BCUT2D eigenvalue weighted by molar-refractivity contribution is 5.86. The molecular weight excluding hydrogens is 250 g/mol. The Kier molecular flexibility index (Phi) is 3.61. The molecule has 0 unspecified atom stereocenters. The van der Waals surface area contributed by atoms with Gasteiger partial charge < -0.3 is 14.3 Å². The molecule has 1 aromatic carbocycles. The maximum absolute atomic E-state index is 11.1. The summed E-state index contributed by atoms with van der Waals surface area (Å²) in [5.74, 6) is -1.19. The van der Waals surface area contributed by atoms with Gasteiger partial charge >= 0.3 is 11.9 Å². The quantitative estimate of drug-likeness (QED) is 0.664. The van der Waals surface area contributed by atoms with Crippen molar-refractivity contribution in [3.63, 3.8) is 0 Å². The second-order valence-corrected chi connectivity index (χ2v) is 3.76. The molecule has 0 saturated carbocycles. The van der Waals surface area contributed by atoms with Crippen LogP contribution in [0.5, 0.6) is 0 Å². The van der Waals surface area contributed by atoms with Gasteiger partial charge in [-0.15, -0.1) is 0 Å². The van der Waals surface area contributed by atoms with E-state index in [2.05, 4.69) is 9.72 Å². The van der Waals surface area contributed by atoms with Crippen LogP contribution in [0.4, 0.5) is 0 Å². The number of benzene rings is 1. The number of carboxylic acids is 1. The van der Waals surface area contributed by atoms with E-state index >= 15 is 0 Å². The number of fused-ring (bicyclic) bond motifs is 1. The Labute approximate surface area is 108 Å². The van der Waals surface area contributed by atoms with E-state index in [0.717, 1.165) is 6.08 Å². The zero-order chi connectivity index (χ0) is 13.8. The molecule has 0 spiro atoms. The Hall–Kier alpha value is -2.63. The van der Waals surface area contributed by atoms with E-state index in [1.54, 1.807) is 18.2 Å². The van der Waals surface area contributed by atoms with E-state index in [0.29, 0.717) is 16.7 Å². The van der Waals surface area contributed by atoms with Crippen LogP contribution >= 0.6 is 0 Å². The van der Waals surface area contributed by atoms with Crippen molar-refractivity contribution < 1.29 is 23.8 Å². The van der Waals surface area contributed by atoms with Crippen molar-refractivity contribution in [2.24, 2.45) is 0 Å². The van der Waals surface area contributed by atoms with Crippen LogP contribution in [0.15, 0.2) is 28.7 Å². The average Bonchev–Trinajstić information content (AvgIpc) is 2.77. The first-order chi connectivity index (χ1) is 9.08. The van der Waals surface area contributed by atoms with Gasteiger partial charge in [0, 0.05) is 6.08 Å². The Morgan fingerprint density at radius 1 is 1.47 bits per heavy atom. The highest BCUT2D eigenvalue weighted by atomic mass is 16.5. The van der Waals surface area contributed by atoms with Gasteiger partial charge in [0.2, 0.25) is 5.89 Å². The fourth-order valence-corrected chi connectivity index (χ4v) is 1.53. The van der Waals surface area contributed by atoms with Gasteiger partial charge in [0.15, 0.2) is 5.58 Å². The standard InChI is InChI=1S/C13H11NO5/c1-18-13(17)7-11-14-9-4-2-8(3-5-12(15)16)6-10(9)19-11/h2-6H,7H2,1H3,(H,15,16)/b5-3+. The van der Waals surface area contributed by atoms with Crippen molar-refractivity contribution >= 4 is 29.1 Å². The molecule has 98 valence electrons. The molecular formula is C13H11NO5. The number of ether oxygens (including phenoxy) is 1. The average molecular weight is 261 g/mol. The molecule has 6 nitrogen and oxygen atoms in total. The zero-order valence-corrected chi connectivity index (χ0v) is 10.1. The molecule has 0 aliphatic rings. The van der Waals surface area contributed by atoms with E-state index in [9.17, 15) is 9.59 Å². The number of hydrogen-bond donors (Lipinski definition) is 1. The summed E-state index contributed by atoms with van der Waals surface area (Å²) in [4.78, 5) is 25.7. The summed E-state index contributed by atoms with van der Waals surface area (Å²) in [5, 5.41) is 8.54. The molecule has 2 aromatic rings. The maximum atomic E-state index is 11.1. The van der Waals surface area contributed by atoms with Crippen molar-refractivity contribution in [1.29, 1.82) is 0 Å². The topological polar surface area (TPSA) is 89.6 Å². The largest absolute Gasteiger partial charge is 0.478 e. The molecule has 0 aliphatic carbocycles. The van der Waals surface area contributed by atoms with Crippen LogP contribution < -0.4 is 0 Å². The van der Waals surface area contributed by atoms with Crippen LogP contribution in [0.25, 0.3) is 17.2 Å². The van der Waals surface area contributed by atoms with Crippen LogP contribution in [0.2, 0.25) is 0 Å². The summed E-state index contributed by atoms with van der Waals surface area (Å²) >= 11 is 0. The number of nitrogens with zero attached hydrogens (tertiary/aromatic N) is 1. The molecule has 6 heteroatoms. The minimum atomic E-state index is -1.02. The Morgan fingerprint density at radius 3 is 2.95 bits per heavy atom. The molecule has 0 bridgehead atoms. The molecule has 0 amide bonds. The van der Waals surface area contributed by atoms with Gasteiger partial charge in [-0.2, -0.15) is 0 Å². The predicted octanol–water partition coefficient (Wildman–Crippen LogP) is 1.64. The zero-order valence-electron chi connectivity index (χ0n) is 10.1. The molecule has 0 atom stereocenters. The predicted molar refractivity (Wildman–Crippen MR) is 66.4 cm³/mol. The maximum Gasteiger partial charge on any atom is 0.328 e. The van der Waals surface area contributed by atoms with Crippen molar-refractivity contribution in [1.82, 2.24) is 4.98 Å². The van der Waals surface area contributed by atoms with E-state index in [-0.39, 0.29) is 12.3 Å². The third-order valence-corrected chi connectivity index (χ3v) is 2.40. The number of hydrogen-bond acceptors (Lipinski definition) is 5. The lowest BCUT2D eigenvalue weighted by atomic mass is 10.2. The highest BCUT2D eigenvalue weighted by Gasteiger charge is 2.10. The third-order valence-electron chi connectivity index (χ3n) is 2.40. The van der Waals surface area contributed by atoms with Crippen LogP contribution in [-0.4, -0.2) is 29.1 Å². The normalized spacial score (nSPS) is 11.0. The van der Waals surface area contributed by atoms with Crippen molar-refractivity contribution in [2.45, 2.75) is 6.42 Å². The van der Waals surface area contributed by atoms with Crippen LogP contribution in [0, 0.1) is 0 Å². The minimum absolute atomic E-state index is 0.0362.